The molecule has 0 fully saturated rings. The van der Waals surface area contributed by atoms with Crippen molar-refractivity contribution in [2.75, 3.05) is 6.54 Å². The van der Waals surface area contributed by atoms with E-state index in [-0.39, 0.29) is 5.91 Å². The topological polar surface area (TPSA) is 64.9 Å². The molecule has 0 aliphatic heterocycles. The molecule has 0 atom stereocenters. The van der Waals surface area contributed by atoms with Gasteiger partial charge in [-0.15, -0.1) is 0 Å². The normalized spacial score (nSPS) is 9.27. The summed E-state index contributed by atoms with van der Waals surface area (Å²) in [6, 6.07) is 0.380. The number of nitriles is 1. The highest BCUT2D eigenvalue weighted by atomic mass is 16.1. The minimum Gasteiger partial charge on any atom is -0.314 e. The number of nitrogens with one attached hydrogen (secondary N) is 2. The monoisotopic (exact) mass is 155 g/mol. The molecule has 0 saturated carbocycles. The van der Waals surface area contributed by atoms with Gasteiger partial charge in [-0.3, -0.25) is 10.1 Å². The third-order valence-corrected chi connectivity index (χ3v) is 1.10. The Labute approximate surface area is 66.6 Å². The maximum atomic E-state index is 10.7. The van der Waals surface area contributed by atoms with Crippen molar-refractivity contribution in [3.8, 4) is 6.19 Å². The van der Waals surface area contributed by atoms with Gasteiger partial charge in [0.1, 0.15) is 0 Å². The fourth-order valence-electron chi connectivity index (χ4n) is 0.599. The van der Waals surface area contributed by atoms with Crippen molar-refractivity contribution in [1.29, 1.82) is 5.26 Å². The molecule has 0 aromatic heterocycles. The quantitative estimate of drug-likeness (QED) is 0.442. The third-order valence-electron chi connectivity index (χ3n) is 1.10. The van der Waals surface area contributed by atoms with E-state index in [1.807, 2.05) is 19.2 Å². The zero-order valence-corrected chi connectivity index (χ0v) is 6.85. The SMILES string of the molecule is CC(C)NCCC(=O)NC#N. The van der Waals surface area contributed by atoms with Crippen LogP contribution in [0.15, 0.2) is 0 Å². The standard InChI is InChI=1S/C7H13N3O/c1-6(2)9-4-3-7(11)10-5-8/h6,9H,3-4H2,1-2H3,(H,10,11). The van der Waals surface area contributed by atoms with Crippen molar-refractivity contribution in [3.05, 3.63) is 0 Å². The molecule has 0 spiro atoms. The van der Waals surface area contributed by atoms with Gasteiger partial charge in [0.05, 0.1) is 0 Å². The van der Waals surface area contributed by atoms with Crippen LogP contribution in [0.25, 0.3) is 0 Å². The summed E-state index contributed by atoms with van der Waals surface area (Å²) in [5.41, 5.74) is 0. The number of hydrogen-bond acceptors (Lipinski definition) is 3. The molecule has 11 heavy (non-hydrogen) atoms. The Morgan fingerprint density at radius 2 is 2.27 bits per heavy atom. The second kappa shape index (κ2) is 5.69. The van der Waals surface area contributed by atoms with E-state index >= 15 is 0 Å². The molecule has 0 aromatic carbocycles. The maximum Gasteiger partial charge on any atom is 0.234 e. The number of amides is 1. The van der Waals surface area contributed by atoms with Gasteiger partial charge in [0, 0.05) is 19.0 Å². The first kappa shape index (κ1) is 9.92. The molecule has 4 heteroatoms. The van der Waals surface area contributed by atoms with Gasteiger partial charge in [-0.2, -0.15) is 5.26 Å². The van der Waals surface area contributed by atoms with E-state index in [1.54, 1.807) is 6.19 Å². The van der Waals surface area contributed by atoms with E-state index in [1.165, 1.54) is 0 Å². The number of carbonyl (C=O) groups is 1. The van der Waals surface area contributed by atoms with Crippen LogP contribution in [0.4, 0.5) is 0 Å². The first-order chi connectivity index (χ1) is 5.16. The molecule has 0 bridgehead atoms. The Morgan fingerprint density at radius 3 is 2.73 bits per heavy atom. The highest BCUT2D eigenvalue weighted by Crippen LogP contribution is 1.79. The Kier molecular flexibility index (Phi) is 5.13. The fraction of sp³-hybridized carbons (Fsp3) is 0.714. The number of nitrogens with zero attached hydrogens (tertiary/aromatic N) is 1. The molecule has 0 unspecified atom stereocenters. The minimum absolute atomic E-state index is 0.236. The molecule has 0 aliphatic rings. The lowest BCUT2D eigenvalue weighted by molar-refractivity contribution is -0.119. The van der Waals surface area contributed by atoms with Crippen LogP contribution >= 0.6 is 0 Å². The van der Waals surface area contributed by atoms with Crippen LogP contribution < -0.4 is 10.6 Å². The Morgan fingerprint density at radius 1 is 1.64 bits per heavy atom. The van der Waals surface area contributed by atoms with Crippen molar-refractivity contribution in [1.82, 2.24) is 10.6 Å². The Hall–Kier alpha value is -1.08. The average molecular weight is 155 g/mol. The molecule has 62 valence electrons. The maximum absolute atomic E-state index is 10.7. The summed E-state index contributed by atoms with van der Waals surface area (Å²) in [4.78, 5) is 10.7. The molecule has 0 aromatic rings. The number of hydrogen-bond donors (Lipinski definition) is 2. The minimum atomic E-state index is -0.236. The molecular formula is C7H13N3O. The summed E-state index contributed by atoms with van der Waals surface area (Å²) in [6.07, 6.45) is 1.93. The van der Waals surface area contributed by atoms with E-state index in [0.29, 0.717) is 19.0 Å². The molecule has 0 aliphatic carbocycles. The van der Waals surface area contributed by atoms with Crippen LogP contribution in [0, 0.1) is 11.5 Å². The highest BCUT2D eigenvalue weighted by molar-refractivity contribution is 5.77. The predicted molar refractivity (Wildman–Crippen MR) is 41.5 cm³/mol. The van der Waals surface area contributed by atoms with Crippen molar-refractivity contribution in [2.24, 2.45) is 0 Å². The number of carbonyl (C=O) groups excluding carboxylic acids is 1. The van der Waals surface area contributed by atoms with Gasteiger partial charge in [0.15, 0.2) is 6.19 Å². The van der Waals surface area contributed by atoms with Gasteiger partial charge in [-0.05, 0) is 0 Å². The molecule has 0 saturated heterocycles. The Bertz CT molecular complexity index is 160. The largest absolute Gasteiger partial charge is 0.314 e. The highest BCUT2D eigenvalue weighted by Gasteiger charge is 1.98. The molecule has 1 amide bonds. The van der Waals surface area contributed by atoms with Gasteiger partial charge in [0.25, 0.3) is 0 Å². The lowest BCUT2D eigenvalue weighted by Gasteiger charge is -2.05. The molecule has 0 radical (unpaired) electrons. The zero-order chi connectivity index (χ0) is 8.69. The molecule has 0 heterocycles. The first-order valence-electron chi connectivity index (χ1n) is 3.58. The van der Waals surface area contributed by atoms with Crippen molar-refractivity contribution in [3.63, 3.8) is 0 Å². The van der Waals surface area contributed by atoms with Gasteiger partial charge >= 0.3 is 0 Å². The van der Waals surface area contributed by atoms with Crippen LogP contribution in [0.1, 0.15) is 20.3 Å². The Balaban J connectivity index is 3.26. The molecule has 2 N–H and O–H groups in total. The van der Waals surface area contributed by atoms with Crippen molar-refractivity contribution >= 4 is 5.91 Å². The molecule has 0 rings (SSSR count). The van der Waals surface area contributed by atoms with Gasteiger partial charge in [0.2, 0.25) is 5.91 Å². The predicted octanol–water partition coefficient (Wildman–Crippen LogP) is -0.0282. The molecule has 4 nitrogen and oxygen atoms in total. The second-order valence-electron chi connectivity index (χ2n) is 2.52. The summed E-state index contributed by atoms with van der Waals surface area (Å²) in [5, 5.41) is 13.2. The van der Waals surface area contributed by atoms with Crippen LogP contribution in [0.5, 0.6) is 0 Å². The third kappa shape index (κ3) is 6.81. The summed E-state index contributed by atoms with van der Waals surface area (Å²) < 4.78 is 0. The zero-order valence-electron chi connectivity index (χ0n) is 6.85. The van der Waals surface area contributed by atoms with Crippen LogP contribution in [-0.4, -0.2) is 18.5 Å². The smallest absolute Gasteiger partial charge is 0.234 e. The van der Waals surface area contributed by atoms with Gasteiger partial charge in [-0.1, -0.05) is 13.8 Å². The summed E-state index contributed by atoms with van der Waals surface area (Å²) in [7, 11) is 0. The summed E-state index contributed by atoms with van der Waals surface area (Å²) in [6.45, 7) is 4.62. The lowest BCUT2D eigenvalue weighted by Crippen LogP contribution is -2.28. The van der Waals surface area contributed by atoms with Crippen molar-refractivity contribution < 1.29 is 4.79 Å². The summed E-state index contributed by atoms with van der Waals surface area (Å²) >= 11 is 0. The first-order valence-corrected chi connectivity index (χ1v) is 3.58. The van der Waals surface area contributed by atoms with Gasteiger partial charge in [-0.25, -0.2) is 0 Å². The van der Waals surface area contributed by atoms with Gasteiger partial charge < -0.3 is 5.32 Å². The molecular weight excluding hydrogens is 142 g/mol. The van der Waals surface area contributed by atoms with E-state index in [2.05, 4.69) is 5.32 Å². The van der Waals surface area contributed by atoms with Crippen LogP contribution in [-0.2, 0) is 4.79 Å². The van der Waals surface area contributed by atoms with Crippen LogP contribution in [0.2, 0.25) is 0 Å². The van der Waals surface area contributed by atoms with E-state index in [0.717, 1.165) is 0 Å². The fourth-order valence-corrected chi connectivity index (χ4v) is 0.599. The van der Waals surface area contributed by atoms with Crippen molar-refractivity contribution in [2.45, 2.75) is 26.3 Å². The van der Waals surface area contributed by atoms with Crippen LogP contribution in [0.3, 0.4) is 0 Å². The van der Waals surface area contributed by atoms with E-state index < -0.39 is 0 Å². The number of rotatable bonds is 4. The second-order valence-corrected chi connectivity index (χ2v) is 2.52. The summed E-state index contributed by atoms with van der Waals surface area (Å²) in [5.74, 6) is -0.236. The van der Waals surface area contributed by atoms with E-state index in [4.69, 9.17) is 5.26 Å². The van der Waals surface area contributed by atoms with E-state index in [9.17, 15) is 4.79 Å². The average Bonchev–Trinajstić information content (AvgIpc) is 1.87. The lowest BCUT2D eigenvalue weighted by atomic mass is 10.3.